The van der Waals surface area contributed by atoms with Gasteiger partial charge in [0, 0.05) is 6.42 Å². The molecule has 0 aliphatic heterocycles. The molecule has 71 heavy (non-hydrogen) atoms. The summed E-state index contributed by atoms with van der Waals surface area (Å²) in [6.45, 7) is 6.50. The standard InChI is InChI=1S/C65H121NO5/c1-4-7-10-13-16-19-22-25-28-31-32-34-37-40-43-46-49-52-55-58-65(70)71-61(56-53-50-47-44-41-38-35-30-27-24-21-18-15-12-9-6-3)59-64(69)66-62(60-67)63(68)57-54-51-48-45-42-39-36-33-29-26-23-20-17-14-11-8-5-2/h24-25,27-28,30,35,38,41,61-63,67-68H,4-23,26,29,31-34,36-37,39-40,42-60H2,1-3H3,(H,66,69)/b27-24+,28-25+,35-30+,41-38+. The fourth-order valence-corrected chi connectivity index (χ4v) is 9.66. The number of aliphatic hydroxyl groups is 2. The molecule has 3 atom stereocenters. The van der Waals surface area contributed by atoms with E-state index >= 15 is 0 Å². The van der Waals surface area contributed by atoms with Crippen LogP contribution in [0.5, 0.6) is 0 Å². The lowest BCUT2D eigenvalue weighted by molar-refractivity contribution is -0.151. The van der Waals surface area contributed by atoms with Crippen molar-refractivity contribution in [2.45, 2.75) is 347 Å². The molecule has 0 radical (unpaired) electrons. The number of carbonyl (C=O) groups is 2. The maximum absolute atomic E-state index is 13.3. The number of unbranched alkanes of at least 4 members (excludes halogenated alkanes) is 39. The molecule has 0 rings (SSSR count). The first-order valence-electron chi connectivity index (χ1n) is 31.4. The molecule has 0 aliphatic rings. The van der Waals surface area contributed by atoms with E-state index in [-0.39, 0.29) is 24.9 Å². The summed E-state index contributed by atoms with van der Waals surface area (Å²) in [6, 6.07) is -0.714. The van der Waals surface area contributed by atoms with Crippen LogP contribution >= 0.6 is 0 Å². The number of allylic oxidation sites excluding steroid dienone is 8. The van der Waals surface area contributed by atoms with Gasteiger partial charge in [-0.2, -0.15) is 0 Å². The van der Waals surface area contributed by atoms with Crippen molar-refractivity contribution in [2.75, 3.05) is 6.61 Å². The summed E-state index contributed by atoms with van der Waals surface area (Å²) in [4.78, 5) is 26.4. The number of hydrogen-bond donors (Lipinski definition) is 3. The minimum Gasteiger partial charge on any atom is -0.462 e. The Morgan fingerprint density at radius 2 is 0.732 bits per heavy atom. The molecule has 0 aromatic rings. The van der Waals surface area contributed by atoms with Gasteiger partial charge >= 0.3 is 5.97 Å². The van der Waals surface area contributed by atoms with Gasteiger partial charge in [-0.05, 0) is 77.0 Å². The van der Waals surface area contributed by atoms with Crippen LogP contribution in [0.2, 0.25) is 0 Å². The zero-order chi connectivity index (χ0) is 51.6. The molecule has 0 saturated heterocycles. The molecule has 0 heterocycles. The smallest absolute Gasteiger partial charge is 0.306 e. The highest BCUT2D eigenvalue weighted by Gasteiger charge is 2.24. The molecule has 6 nitrogen and oxygen atoms in total. The van der Waals surface area contributed by atoms with Crippen molar-refractivity contribution in [3.63, 3.8) is 0 Å². The van der Waals surface area contributed by atoms with Gasteiger partial charge in [0.05, 0.1) is 25.2 Å². The SMILES string of the molecule is CCCCCCC/C=C/C=C/C=C/CCCCCC(CC(=O)NC(CO)C(O)CCCCCCCCCCCCCCCCCCC)OC(=O)CCCCCCCCCCC/C=C/CCCCCCCC. The van der Waals surface area contributed by atoms with E-state index in [2.05, 4.69) is 74.7 Å². The summed E-state index contributed by atoms with van der Waals surface area (Å²) < 4.78 is 5.97. The third-order valence-corrected chi connectivity index (χ3v) is 14.4. The van der Waals surface area contributed by atoms with Crippen LogP contribution in [0.1, 0.15) is 329 Å². The van der Waals surface area contributed by atoms with Crippen LogP contribution < -0.4 is 5.32 Å². The van der Waals surface area contributed by atoms with Crippen molar-refractivity contribution in [3.05, 3.63) is 48.6 Å². The summed E-state index contributed by atoms with van der Waals surface area (Å²) >= 11 is 0. The topological polar surface area (TPSA) is 95.9 Å². The van der Waals surface area contributed by atoms with Gasteiger partial charge in [0.15, 0.2) is 0 Å². The van der Waals surface area contributed by atoms with Crippen LogP contribution in [0.25, 0.3) is 0 Å². The van der Waals surface area contributed by atoms with E-state index in [1.807, 2.05) is 0 Å². The summed E-state index contributed by atoms with van der Waals surface area (Å²) in [5, 5.41) is 24.0. The number of ether oxygens (including phenoxy) is 1. The van der Waals surface area contributed by atoms with E-state index in [1.165, 1.54) is 212 Å². The first kappa shape index (κ1) is 68.8. The van der Waals surface area contributed by atoms with Crippen LogP contribution in [-0.2, 0) is 14.3 Å². The first-order chi connectivity index (χ1) is 35.0. The maximum atomic E-state index is 13.3. The average Bonchev–Trinajstić information content (AvgIpc) is 3.36. The monoisotopic (exact) mass is 996 g/mol. The highest BCUT2D eigenvalue weighted by atomic mass is 16.5. The molecule has 416 valence electrons. The number of nitrogens with one attached hydrogen (secondary N) is 1. The second kappa shape index (κ2) is 58.7. The Bertz CT molecular complexity index is 1210. The molecule has 6 heteroatoms. The quantitative estimate of drug-likeness (QED) is 0.0244. The lowest BCUT2D eigenvalue weighted by Gasteiger charge is -2.24. The van der Waals surface area contributed by atoms with Gasteiger partial charge in [-0.1, -0.05) is 288 Å². The van der Waals surface area contributed by atoms with Crippen molar-refractivity contribution >= 4 is 11.9 Å². The van der Waals surface area contributed by atoms with Gasteiger partial charge in [-0.3, -0.25) is 9.59 Å². The average molecular weight is 997 g/mol. The van der Waals surface area contributed by atoms with Crippen LogP contribution in [-0.4, -0.2) is 46.9 Å². The van der Waals surface area contributed by atoms with Crippen molar-refractivity contribution in [1.29, 1.82) is 0 Å². The molecule has 1 amide bonds. The molecule has 3 N–H and O–H groups in total. The molecule has 0 bridgehead atoms. The molecule has 0 spiro atoms. The van der Waals surface area contributed by atoms with Crippen LogP contribution in [0.4, 0.5) is 0 Å². The Morgan fingerprint density at radius 3 is 1.13 bits per heavy atom. The summed E-state index contributed by atoms with van der Waals surface area (Å²) in [7, 11) is 0. The lowest BCUT2D eigenvalue weighted by Crippen LogP contribution is -2.46. The van der Waals surface area contributed by atoms with E-state index in [9.17, 15) is 19.8 Å². The number of rotatable bonds is 57. The first-order valence-corrected chi connectivity index (χ1v) is 31.4. The van der Waals surface area contributed by atoms with Crippen LogP contribution in [0, 0.1) is 0 Å². The highest BCUT2D eigenvalue weighted by molar-refractivity contribution is 5.77. The Labute approximate surface area is 442 Å². The Hall–Kier alpha value is -2.18. The normalized spacial score (nSPS) is 13.4. The predicted octanol–water partition coefficient (Wildman–Crippen LogP) is 19.7. The fraction of sp³-hybridized carbons (Fsp3) is 0.846. The Kier molecular flexibility index (Phi) is 56.9. The van der Waals surface area contributed by atoms with Gasteiger partial charge in [0.1, 0.15) is 6.10 Å². The minimum atomic E-state index is -0.799. The number of carbonyl (C=O) groups excluding carboxylic acids is 2. The molecule has 3 unspecified atom stereocenters. The molecule has 0 aliphatic carbocycles. The second-order valence-electron chi connectivity index (χ2n) is 21.5. The highest BCUT2D eigenvalue weighted by Crippen LogP contribution is 2.19. The molecular weight excluding hydrogens is 875 g/mol. The van der Waals surface area contributed by atoms with Crippen molar-refractivity contribution < 1.29 is 24.5 Å². The zero-order valence-electron chi connectivity index (χ0n) is 47.6. The van der Waals surface area contributed by atoms with Crippen LogP contribution in [0.3, 0.4) is 0 Å². The minimum absolute atomic E-state index is 0.0561. The van der Waals surface area contributed by atoms with E-state index in [4.69, 9.17) is 4.74 Å². The summed E-state index contributed by atoms with van der Waals surface area (Å²) in [6.07, 6.45) is 73.3. The lowest BCUT2D eigenvalue weighted by atomic mass is 10.0. The van der Waals surface area contributed by atoms with Gasteiger partial charge in [-0.15, -0.1) is 0 Å². The van der Waals surface area contributed by atoms with Crippen LogP contribution in [0.15, 0.2) is 48.6 Å². The number of amides is 1. The number of aliphatic hydroxyl groups excluding tert-OH is 2. The molecule has 0 fully saturated rings. The molecular formula is C65H121NO5. The zero-order valence-corrected chi connectivity index (χ0v) is 47.6. The summed E-state index contributed by atoms with van der Waals surface area (Å²) in [5.74, 6) is -0.495. The van der Waals surface area contributed by atoms with Crippen molar-refractivity contribution in [1.82, 2.24) is 5.32 Å². The summed E-state index contributed by atoms with van der Waals surface area (Å²) in [5.41, 5.74) is 0. The van der Waals surface area contributed by atoms with Gasteiger partial charge in [0.2, 0.25) is 5.91 Å². The maximum Gasteiger partial charge on any atom is 0.306 e. The molecule has 0 saturated carbocycles. The third-order valence-electron chi connectivity index (χ3n) is 14.4. The molecule has 0 aromatic carbocycles. The van der Waals surface area contributed by atoms with E-state index in [0.717, 1.165) is 70.6 Å². The molecule has 0 aromatic heterocycles. The van der Waals surface area contributed by atoms with Crippen molar-refractivity contribution in [2.24, 2.45) is 0 Å². The Balaban J connectivity index is 4.56. The largest absolute Gasteiger partial charge is 0.462 e. The van der Waals surface area contributed by atoms with Gasteiger partial charge < -0.3 is 20.3 Å². The van der Waals surface area contributed by atoms with E-state index in [0.29, 0.717) is 19.3 Å². The van der Waals surface area contributed by atoms with Crippen molar-refractivity contribution in [3.8, 4) is 0 Å². The third kappa shape index (κ3) is 53.9. The number of hydrogen-bond acceptors (Lipinski definition) is 5. The number of esters is 1. The van der Waals surface area contributed by atoms with Gasteiger partial charge in [-0.25, -0.2) is 0 Å². The Morgan fingerprint density at radius 1 is 0.408 bits per heavy atom. The van der Waals surface area contributed by atoms with E-state index < -0.39 is 18.2 Å². The second-order valence-corrected chi connectivity index (χ2v) is 21.5. The van der Waals surface area contributed by atoms with Gasteiger partial charge in [0.25, 0.3) is 0 Å². The van der Waals surface area contributed by atoms with E-state index in [1.54, 1.807) is 0 Å². The fourth-order valence-electron chi connectivity index (χ4n) is 9.66. The predicted molar refractivity (Wildman–Crippen MR) is 310 cm³/mol.